The topological polar surface area (TPSA) is 97.7 Å². The summed E-state index contributed by atoms with van der Waals surface area (Å²) >= 11 is -4.01. The van der Waals surface area contributed by atoms with Gasteiger partial charge in [-0.25, -0.2) is 0 Å². The first-order valence-corrected chi connectivity index (χ1v) is 3.11. The second-order valence-electron chi connectivity index (χ2n) is 0.189. The van der Waals surface area contributed by atoms with E-state index in [1.807, 2.05) is 0 Å². The van der Waals surface area contributed by atoms with E-state index in [0.29, 0.717) is 0 Å². The minimum Gasteiger partial charge on any atom is -2.00 e. The predicted molar refractivity (Wildman–Crippen MR) is 6.44 cm³/mol. The van der Waals surface area contributed by atoms with Crippen molar-refractivity contribution in [2.45, 2.75) is 0 Å². The summed E-state index contributed by atoms with van der Waals surface area (Å²) in [5.74, 6) is 0. The zero-order valence-electron chi connectivity index (χ0n) is 3.10. The summed E-state index contributed by atoms with van der Waals surface area (Å²) in [4.78, 5) is 0. The quantitative estimate of drug-likeness (QED) is 0.327. The Labute approximate surface area is 90.1 Å². The molecule has 0 aliphatic rings. The Hall–Kier alpha value is 2.35. The second kappa shape index (κ2) is 15.8. The standard InChI is InChI=1S/Ca.IO3.Mn.O/c;2-1(3)4;;/q+2;-1;+2;-2. The monoisotopic (exact) mass is 286 g/mol. The van der Waals surface area contributed by atoms with Crippen LogP contribution in [0, 0.1) is 0 Å². The Bertz CT molecular complexity index is 16.4. The SMILES string of the molecule is [Ca+2].[Mn+2].[O-2].[O-][I+2]([O-])[O-]. The van der Waals surface area contributed by atoms with Crippen molar-refractivity contribution in [3.8, 4) is 0 Å². The van der Waals surface area contributed by atoms with Crippen LogP contribution < -0.4 is 31.4 Å². The molecule has 0 rings (SSSR count). The van der Waals surface area contributed by atoms with E-state index < -0.39 is 21.1 Å². The van der Waals surface area contributed by atoms with Gasteiger partial charge in [-0.2, -0.15) is 0 Å². The number of halogens is 1. The third-order valence-electron chi connectivity index (χ3n) is 0. The predicted octanol–water partition coefficient (Wildman–Crippen LogP) is -7.07. The zero-order chi connectivity index (χ0) is 3.58. The van der Waals surface area contributed by atoms with Crippen molar-refractivity contribution in [3.63, 3.8) is 0 Å². The van der Waals surface area contributed by atoms with Gasteiger partial charge in [0.25, 0.3) is 21.1 Å². The molecule has 0 saturated carbocycles. The fourth-order valence-corrected chi connectivity index (χ4v) is 0. The average molecular weight is 286 g/mol. The van der Waals surface area contributed by atoms with Gasteiger partial charge in [-0.15, -0.1) is 0 Å². The molecule has 0 aliphatic heterocycles. The zero-order valence-corrected chi connectivity index (χ0v) is 8.64. The average Bonchev–Trinajstić information content (AvgIpc) is 0.811. The number of hydrogen-bond donors (Lipinski definition) is 0. The fourth-order valence-electron chi connectivity index (χ4n) is 0. The van der Waals surface area contributed by atoms with E-state index in [9.17, 15) is 0 Å². The van der Waals surface area contributed by atoms with Gasteiger partial charge in [0.2, 0.25) is 0 Å². The molecule has 0 amide bonds. The molecule has 0 N–H and O–H groups in total. The van der Waals surface area contributed by atoms with Crippen LogP contribution in [0.1, 0.15) is 0 Å². The van der Waals surface area contributed by atoms with Crippen LogP contribution in [-0.4, -0.2) is 37.7 Å². The third-order valence-corrected chi connectivity index (χ3v) is 0. The van der Waals surface area contributed by atoms with Crippen LogP contribution in [0.4, 0.5) is 0 Å². The van der Waals surface area contributed by atoms with E-state index >= 15 is 0 Å². The summed E-state index contributed by atoms with van der Waals surface area (Å²) < 4.78 is 25.7. The van der Waals surface area contributed by atoms with Crippen LogP contribution in [0.3, 0.4) is 0 Å². The van der Waals surface area contributed by atoms with Gasteiger partial charge >= 0.3 is 54.8 Å². The molecule has 0 heterocycles. The molecule has 39 valence electrons. The normalized spacial score (nSPS) is 5.14. The Kier molecular flexibility index (Phi) is 51.3. The molecule has 7 heteroatoms. The van der Waals surface area contributed by atoms with Crippen molar-refractivity contribution in [1.29, 1.82) is 0 Å². The van der Waals surface area contributed by atoms with E-state index in [0.717, 1.165) is 0 Å². The first kappa shape index (κ1) is 22.8. The van der Waals surface area contributed by atoms with Crippen molar-refractivity contribution >= 4 is 37.7 Å². The van der Waals surface area contributed by atoms with Crippen molar-refractivity contribution in [1.82, 2.24) is 0 Å². The van der Waals surface area contributed by atoms with Crippen molar-refractivity contribution in [2.75, 3.05) is 0 Å². The molecule has 0 aromatic rings. The van der Waals surface area contributed by atoms with Gasteiger partial charge < -0.3 is 15.8 Å². The Balaban J connectivity index is -0.0000000150. The molecular weight excluding hydrogens is 286 g/mol. The van der Waals surface area contributed by atoms with E-state index in [-0.39, 0.29) is 60.3 Å². The smallest absolute Gasteiger partial charge is 2.00 e. The van der Waals surface area contributed by atoms with Crippen molar-refractivity contribution in [3.05, 3.63) is 0 Å². The van der Waals surface area contributed by atoms with Crippen LogP contribution in [0.15, 0.2) is 0 Å². The maximum absolute atomic E-state index is 8.57. The Morgan fingerprint density at radius 2 is 1.00 bits per heavy atom. The van der Waals surface area contributed by atoms with Crippen LogP contribution in [0.5, 0.6) is 0 Å². The summed E-state index contributed by atoms with van der Waals surface area (Å²) in [5, 5.41) is 0. The molecule has 0 unspecified atom stereocenters. The molecule has 0 aromatic carbocycles. The van der Waals surface area contributed by atoms with Crippen LogP contribution in [0.2, 0.25) is 0 Å². The van der Waals surface area contributed by atoms with Crippen LogP contribution in [0.25, 0.3) is 0 Å². The molecule has 1 radical (unpaired) electrons. The van der Waals surface area contributed by atoms with Crippen molar-refractivity contribution < 1.29 is 53.9 Å². The first-order chi connectivity index (χ1) is 1.73. The molecule has 0 fully saturated rings. The molecule has 0 aliphatic carbocycles. The first-order valence-electron chi connectivity index (χ1n) is 0.463. The summed E-state index contributed by atoms with van der Waals surface area (Å²) in [5.41, 5.74) is 0. The van der Waals surface area contributed by atoms with Crippen LogP contribution >= 0.6 is 0 Å². The minimum atomic E-state index is -4.01. The van der Waals surface area contributed by atoms with Gasteiger partial charge in [0.15, 0.2) is 0 Å². The maximum Gasteiger partial charge on any atom is 2.00 e. The summed E-state index contributed by atoms with van der Waals surface area (Å²) in [6.45, 7) is 0. The largest absolute Gasteiger partial charge is 2.00 e. The van der Waals surface area contributed by atoms with Gasteiger partial charge in [0, 0.05) is 0 Å². The third kappa shape index (κ3) is 61.0. The molecule has 0 aromatic heterocycles. The van der Waals surface area contributed by atoms with E-state index in [2.05, 4.69) is 0 Å². The van der Waals surface area contributed by atoms with E-state index in [4.69, 9.17) is 10.3 Å². The molecule has 0 saturated heterocycles. The molecule has 0 atom stereocenters. The molecule has 0 spiro atoms. The van der Waals surface area contributed by atoms with Crippen LogP contribution in [-0.2, 0) is 22.5 Å². The Morgan fingerprint density at radius 1 is 1.00 bits per heavy atom. The summed E-state index contributed by atoms with van der Waals surface area (Å²) in [6, 6.07) is 0. The fraction of sp³-hybridized carbons (Fsp3) is 0. The van der Waals surface area contributed by atoms with Gasteiger partial charge in [-0.3, -0.25) is 0 Å². The number of rotatable bonds is 0. The number of hydrogen-bond acceptors (Lipinski definition) is 3. The maximum atomic E-state index is 8.57. The van der Waals surface area contributed by atoms with E-state index in [1.165, 1.54) is 0 Å². The summed E-state index contributed by atoms with van der Waals surface area (Å²) in [6.07, 6.45) is 0. The minimum absolute atomic E-state index is 0. The van der Waals surface area contributed by atoms with Crippen molar-refractivity contribution in [2.24, 2.45) is 0 Å². The van der Waals surface area contributed by atoms with Gasteiger partial charge in [-0.05, 0) is 0 Å². The van der Waals surface area contributed by atoms with Gasteiger partial charge in [0.1, 0.15) is 0 Å². The molecule has 0 bridgehead atoms. The van der Waals surface area contributed by atoms with E-state index in [1.54, 1.807) is 0 Å². The molecule has 7 heavy (non-hydrogen) atoms. The van der Waals surface area contributed by atoms with Gasteiger partial charge in [0.05, 0.1) is 0 Å². The molecule has 4 nitrogen and oxygen atoms in total. The molecular formula is CaIMnO4+. The Morgan fingerprint density at radius 3 is 1.00 bits per heavy atom. The second-order valence-corrected chi connectivity index (χ2v) is 1.27. The summed E-state index contributed by atoms with van der Waals surface area (Å²) in [7, 11) is 0. The van der Waals surface area contributed by atoms with Gasteiger partial charge in [-0.1, -0.05) is 0 Å².